The van der Waals surface area contributed by atoms with E-state index in [0.717, 1.165) is 29.1 Å². The summed E-state index contributed by atoms with van der Waals surface area (Å²) in [5, 5.41) is 0.632. The van der Waals surface area contributed by atoms with Crippen LogP contribution in [-0.4, -0.2) is 18.4 Å². The maximum atomic E-state index is 12.6. The van der Waals surface area contributed by atoms with E-state index in [0.29, 0.717) is 24.5 Å². The van der Waals surface area contributed by atoms with Crippen LogP contribution < -0.4 is 15.6 Å². The lowest BCUT2D eigenvalue weighted by Gasteiger charge is -2.56. The van der Waals surface area contributed by atoms with Crippen molar-refractivity contribution in [3.63, 3.8) is 0 Å². The fraction of sp³-hybridized carbons (Fsp3) is 0.636. The highest BCUT2D eigenvalue weighted by Gasteiger charge is 2.51. The van der Waals surface area contributed by atoms with Crippen LogP contribution in [0.3, 0.4) is 0 Å². The molecule has 0 aromatic heterocycles. The molecule has 4 aliphatic carbocycles. The number of ether oxygens (including phenoxy) is 1. The lowest BCUT2D eigenvalue weighted by Crippen LogP contribution is -2.51. The van der Waals surface area contributed by atoms with Crippen molar-refractivity contribution < 1.29 is 14.3 Å². The third-order valence-electron chi connectivity index (χ3n) is 7.33. The van der Waals surface area contributed by atoms with Gasteiger partial charge in [-0.05, 0) is 91.9 Å². The zero-order chi connectivity index (χ0) is 19.3. The molecule has 4 bridgehead atoms. The van der Waals surface area contributed by atoms with Crippen LogP contribution in [0.2, 0.25) is 5.02 Å². The second kappa shape index (κ2) is 6.94. The fourth-order valence-electron chi connectivity index (χ4n) is 6.66. The van der Waals surface area contributed by atoms with Crippen LogP contribution in [-0.2, 0) is 16.0 Å². The Labute approximate surface area is 170 Å². The molecule has 1 heterocycles. The van der Waals surface area contributed by atoms with Gasteiger partial charge in [0.1, 0.15) is 12.4 Å². The Hall–Kier alpha value is -1.75. The Balaban J connectivity index is 1.15. The van der Waals surface area contributed by atoms with Crippen LogP contribution in [0.5, 0.6) is 5.75 Å². The molecule has 150 valence electrons. The molecule has 6 rings (SSSR count). The van der Waals surface area contributed by atoms with Crippen molar-refractivity contribution in [2.24, 2.45) is 29.1 Å². The molecule has 6 heteroatoms. The summed E-state index contributed by atoms with van der Waals surface area (Å²) in [6.45, 7) is 0.311. The van der Waals surface area contributed by atoms with Crippen LogP contribution in [0, 0.1) is 29.1 Å². The predicted molar refractivity (Wildman–Crippen MR) is 106 cm³/mol. The molecule has 0 radical (unpaired) electrons. The Morgan fingerprint density at radius 1 is 1.07 bits per heavy atom. The Morgan fingerprint density at radius 2 is 1.75 bits per heavy atom. The molecule has 0 spiro atoms. The third-order valence-corrected chi connectivity index (χ3v) is 7.56. The van der Waals surface area contributed by atoms with Gasteiger partial charge in [0, 0.05) is 11.4 Å². The zero-order valence-corrected chi connectivity index (χ0v) is 16.8. The molecule has 2 N–H and O–H groups in total. The number of hydrazine groups is 1. The van der Waals surface area contributed by atoms with Crippen molar-refractivity contribution in [3.8, 4) is 5.75 Å². The quantitative estimate of drug-likeness (QED) is 0.758. The zero-order valence-electron chi connectivity index (χ0n) is 16.0. The number of halogens is 1. The first kappa shape index (κ1) is 18.3. The van der Waals surface area contributed by atoms with E-state index in [1.54, 1.807) is 6.07 Å². The smallest absolute Gasteiger partial charge is 0.245 e. The van der Waals surface area contributed by atoms with Gasteiger partial charge >= 0.3 is 0 Å². The van der Waals surface area contributed by atoms with Crippen molar-refractivity contribution in [3.05, 3.63) is 28.8 Å². The van der Waals surface area contributed by atoms with Crippen molar-refractivity contribution >= 4 is 23.4 Å². The van der Waals surface area contributed by atoms with Crippen molar-refractivity contribution in [1.82, 2.24) is 10.9 Å². The molecule has 5 aliphatic rings. The molecule has 0 unspecified atom stereocenters. The summed E-state index contributed by atoms with van der Waals surface area (Å²) >= 11 is 6.04. The van der Waals surface area contributed by atoms with E-state index in [-0.39, 0.29) is 23.1 Å². The molecule has 1 atom stereocenters. The van der Waals surface area contributed by atoms with Crippen molar-refractivity contribution in [2.45, 2.75) is 51.4 Å². The molecule has 1 aromatic rings. The van der Waals surface area contributed by atoms with Gasteiger partial charge in [-0.25, -0.2) is 0 Å². The number of carbonyl (C=O) groups is 2. The monoisotopic (exact) mass is 402 g/mol. The average Bonchev–Trinajstić information content (AvgIpc) is 2.64. The first-order valence-electron chi connectivity index (χ1n) is 10.5. The summed E-state index contributed by atoms with van der Waals surface area (Å²) < 4.78 is 5.68. The van der Waals surface area contributed by atoms with E-state index in [1.807, 2.05) is 12.1 Å². The molecule has 5 nitrogen and oxygen atoms in total. The summed E-state index contributed by atoms with van der Waals surface area (Å²) in [5.74, 6) is 2.64. The third kappa shape index (κ3) is 3.49. The van der Waals surface area contributed by atoms with Gasteiger partial charge in [-0.2, -0.15) is 0 Å². The van der Waals surface area contributed by atoms with Gasteiger partial charge < -0.3 is 4.74 Å². The summed E-state index contributed by atoms with van der Waals surface area (Å²) in [6, 6.07) is 5.45. The number of rotatable bonds is 3. The number of hydrogen-bond acceptors (Lipinski definition) is 3. The van der Waals surface area contributed by atoms with Gasteiger partial charge in [-0.3, -0.25) is 20.4 Å². The standard InChI is InChI=1S/C22H27ClN2O3/c23-18-1-2-19-16(7-18)6-17(12-28-19)21(27)25-24-20(26)11-22-8-13-3-14(9-22)5-15(4-13)10-22/h1-2,7,13-15,17H,3-6,8-12H2,(H,24,26)(H,25,27)/t13?,14?,15?,17-,22?/m1/s1. The SMILES string of the molecule is O=C(CC12CC3CC(CC(C3)C1)C2)NNC(=O)[C@H]1COc2ccc(Cl)cc2C1. The minimum Gasteiger partial charge on any atom is -0.492 e. The summed E-state index contributed by atoms with van der Waals surface area (Å²) in [5.41, 5.74) is 6.40. The van der Waals surface area contributed by atoms with E-state index < -0.39 is 0 Å². The first-order valence-corrected chi connectivity index (χ1v) is 10.9. The van der Waals surface area contributed by atoms with E-state index in [1.165, 1.54) is 38.5 Å². The van der Waals surface area contributed by atoms with Crippen LogP contribution in [0.25, 0.3) is 0 Å². The topological polar surface area (TPSA) is 67.4 Å². The van der Waals surface area contributed by atoms with Crippen LogP contribution in [0.1, 0.15) is 50.5 Å². The molecule has 4 fully saturated rings. The molecular formula is C22H27ClN2O3. The molecule has 2 amide bonds. The van der Waals surface area contributed by atoms with Gasteiger partial charge in [0.05, 0.1) is 5.92 Å². The highest BCUT2D eigenvalue weighted by Crippen LogP contribution is 2.61. The van der Waals surface area contributed by atoms with E-state index in [2.05, 4.69) is 10.9 Å². The van der Waals surface area contributed by atoms with Gasteiger partial charge in [0.2, 0.25) is 11.8 Å². The van der Waals surface area contributed by atoms with E-state index >= 15 is 0 Å². The largest absolute Gasteiger partial charge is 0.492 e. The highest BCUT2D eigenvalue weighted by molar-refractivity contribution is 6.30. The predicted octanol–water partition coefficient (Wildman–Crippen LogP) is 3.65. The fourth-order valence-corrected chi connectivity index (χ4v) is 6.85. The van der Waals surface area contributed by atoms with Gasteiger partial charge in [0.15, 0.2) is 0 Å². The molecular weight excluding hydrogens is 376 g/mol. The number of nitrogens with one attached hydrogen (secondary N) is 2. The highest BCUT2D eigenvalue weighted by atomic mass is 35.5. The maximum absolute atomic E-state index is 12.6. The Morgan fingerprint density at radius 3 is 2.43 bits per heavy atom. The number of benzene rings is 1. The van der Waals surface area contributed by atoms with E-state index in [9.17, 15) is 9.59 Å². The average molecular weight is 403 g/mol. The summed E-state index contributed by atoms with van der Waals surface area (Å²) in [4.78, 5) is 25.1. The van der Waals surface area contributed by atoms with Crippen molar-refractivity contribution in [1.29, 1.82) is 0 Å². The van der Waals surface area contributed by atoms with Crippen LogP contribution >= 0.6 is 11.6 Å². The Kier molecular flexibility index (Phi) is 4.53. The number of hydrogen-bond donors (Lipinski definition) is 2. The number of amides is 2. The first-order chi connectivity index (χ1) is 13.5. The van der Waals surface area contributed by atoms with Crippen LogP contribution in [0.4, 0.5) is 0 Å². The summed E-state index contributed by atoms with van der Waals surface area (Å²) in [6.07, 6.45) is 8.76. The van der Waals surface area contributed by atoms with Gasteiger partial charge in [0.25, 0.3) is 0 Å². The van der Waals surface area contributed by atoms with Crippen molar-refractivity contribution in [2.75, 3.05) is 6.61 Å². The number of fused-ring (bicyclic) bond motifs is 1. The molecule has 1 aromatic carbocycles. The van der Waals surface area contributed by atoms with Gasteiger partial charge in [-0.15, -0.1) is 0 Å². The van der Waals surface area contributed by atoms with E-state index in [4.69, 9.17) is 16.3 Å². The second-order valence-electron chi connectivity index (χ2n) is 9.60. The second-order valence-corrected chi connectivity index (χ2v) is 10.0. The van der Waals surface area contributed by atoms with Gasteiger partial charge in [-0.1, -0.05) is 11.6 Å². The lowest BCUT2D eigenvalue weighted by molar-refractivity contribution is -0.136. The van der Waals surface area contributed by atoms with Crippen LogP contribution in [0.15, 0.2) is 18.2 Å². The molecule has 0 saturated heterocycles. The lowest BCUT2D eigenvalue weighted by atomic mass is 9.49. The minimum absolute atomic E-state index is 0.0597. The Bertz CT molecular complexity index is 774. The molecule has 4 saturated carbocycles. The molecule has 1 aliphatic heterocycles. The minimum atomic E-state index is -0.328. The maximum Gasteiger partial charge on any atom is 0.245 e. The summed E-state index contributed by atoms with van der Waals surface area (Å²) in [7, 11) is 0. The molecule has 28 heavy (non-hydrogen) atoms. The normalized spacial score (nSPS) is 35.0. The number of carbonyl (C=O) groups excluding carboxylic acids is 2.